The fourth-order valence-corrected chi connectivity index (χ4v) is 8.85. The van der Waals surface area contributed by atoms with Gasteiger partial charge in [0.25, 0.3) is 5.92 Å². The van der Waals surface area contributed by atoms with E-state index < -0.39 is 23.5 Å². The Hall–Kier alpha value is -0.750. The summed E-state index contributed by atoms with van der Waals surface area (Å²) >= 11 is 0. The van der Waals surface area contributed by atoms with Gasteiger partial charge in [-0.25, -0.2) is 8.78 Å². The minimum atomic E-state index is -3.04. The largest absolute Gasteiger partial charge is 0.469 e. The summed E-state index contributed by atoms with van der Waals surface area (Å²) in [5.41, 5.74) is -0.444. The maximum atomic E-state index is 14.6. The Morgan fingerprint density at radius 3 is 2.45 bits per heavy atom. The average molecular weight is 443 g/mol. The summed E-state index contributed by atoms with van der Waals surface area (Å²) in [5.74, 6) is -1.90. The standard InChI is InChI=1S/C25H40F2O4/c1-14(5-8-21(30)31-4)16-6-7-17-22-18(9-10-23(16,17)2)24(3)13-25(26,27)20(29)12-15(24)11-19(22)28/h14-20,22,28-29H,5-13H2,1-4H3/t14-,15-,16-,17?,18?,19+,20-,22?,23-,24+/m1/s1. The van der Waals surface area contributed by atoms with Crippen molar-refractivity contribution in [1.82, 2.24) is 0 Å². The van der Waals surface area contributed by atoms with Crippen molar-refractivity contribution in [3.8, 4) is 0 Å². The summed E-state index contributed by atoms with van der Waals surface area (Å²) in [5, 5.41) is 21.2. The number of rotatable bonds is 4. The molecule has 0 bridgehead atoms. The SMILES string of the molecule is COC(=O)CC[C@@H](C)[C@H]1CCC2C3C(CC[C@@]21C)[C@@]1(C)CC(F)(F)[C@H](O)C[C@H]1C[C@@H]3O. The Balaban J connectivity index is 1.56. The van der Waals surface area contributed by atoms with E-state index in [1.165, 1.54) is 7.11 Å². The lowest BCUT2D eigenvalue weighted by Gasteiger charge is -2.63. The van der Waals surface area contributed by atoms with Crippen LogP contribution in [-0.2, 0) is 9.53 Å². The second-order valence-corrected chi connectivity index (χ2v) is 11.8. The maximum absolute atomic E-state index is 14.6. The van der Waals surface area contributed by atoms with Gasteiger partial charge in [-0.1, -0.05) is 20.8 Å². The first kappa shape index (κ1) is 23.4. The smallest absolute Gasteiger partial charge is 0.305 e. The van der Waals surface area contributed by atoms with Gasteiger partial charge in [0.1, 0.15) is 6.10 Å². The summed E-state index contributed by atoms with van der Waals surface area (Å²) < 4.78 is 34.0. The van der Waals surface area contributed by atoms with E-state index in [0.717, 1.165) is 32.1 Å². The number of hydrogen-bond acceptors (Lipinski definition) is 4. The van der Waals surface area contributed by atoms with E-state index in [-0.39, 0.29) is 42.0 Å². The molecule has 4 saturated carbocycles. The predicted molar refractivity (Wildman–Crippen MR) is 113 cm³/mol. The molecule has 0 aromatic carbocycles. The van der Waals surface area contributed by atoms with E-state index in [4.69, 9.17) is 4.74 Å². The molecular weight excluding hydrogens is 402 g/mol. The second kappa shape index (κ2) is 7.93. The number of hydrogen-bond donors (Lipinski definition) is 2. The molecule has 0 saturated heterocycles. The van der Waals surface area contributed by atoms with Crippen LogP contribution in [0.15, 0.2) is 0 Å². The minimum absolute atomic E-state index is 0.0427. The van der Waals surface area contributed by atoms with Crippen molar-refractivity contribution in [1.29, 1.82) is 0 Å². The van der Waals surface area contributed by atoms with Gasteiger partial charge in [0.15, 0.2) is 0 Å². The molecule has 0 radical (unpaired) electrons. The van der Waals surface area contributed by atoms with Gasteiger partial charge in [-0.2, -0.15) is 0 Å². The Morgan fingerprint density at radius 1 is 1.10 bits per heavy atom. The average Bonchev–Trinajstić information content (AvgIpc) is 3.05. The van der Waals surface area contributed by atoms with Gasteiger partial charge in [-0.3, -0.25) is 4.79 Å². The molecule has 0 aromatic rings. The summed E-state index contributed by atoms with van der Waals surface area (Å²) in [7, 11) is 1.42. The van der Waals surface area contributed by atoms with Crippen LogP contribution in [0, 0.1) is 46.3 Å². The van der Waals surface area contributed by atoms with Crippen molar-refractivity contribution in [3.05, 3.63) is 0 Å². The highest BCUT2D eigenvalue weighted by Gasteiger charge is 2.66. The predicted octanol–water partition coefficient (Wildman–Crippen LogP) is 4.81. The Labute approximate surface area is 185 Å². The molecule has 4 fully saturated rings. The van der Waals surface area contributed by atoms with Crippen LogP contribution in [0.5, 0.6) is 0 Å². The molecule has 0 amide bonds. The zero-order chi connectivity index (χ0) is 22.8. The van der Waals surface area contributed by atoms with E-state index in [9.17, 15) is 23.8 Å². The number of carbonyl (C=O) groups excluding carboxylic acids is 1. The van der Waals surface area contributed by atoms with E-state index in [1.807, 2.05) is 6.92 Å². The fourth-order valence-electron chi connectivity index (χ4n) is 8.85. The van der Waals surface area contributed by atoms with Crippen molar-refractivity contribution in [3.63, 3.8) is 0 Å². The molecule has 31 heavy (non-hydrogen) atoms. The topological polar surface area (TPSA) is 66.8 Å². The number of ether oxygens (including phenoxy) is 1. The van der Waals surface area contributed by atoms with Gasteiger partial charge in [0.2, 0.25) is 0 Å². The lowest BCUT2D eigenvalue weighted by Crippen LogP contribution is -2.62. The first-order valence-corrected chi connectivity index (χ1v) is 12.2. The van der Waals surface area contributed by atoms with Crippen molar-refractivity contribution < 1.29 is 28.5 Å². The zero-order valence-corrected chi connectivity index (χ0v) is 19.4. The zero-order valence-electron chi connectivity index (χ0n) is 19.4. The molecule has 0 aromatic heterocycles. The molecule has 6 heteroatoms. The number of alkyl halides is 2. The molecular formula is C25H40F2O4. The molecule has 0 aliphatic heterocycles. The number of esters is 1. The molecule has 0 heterocycles. The molecule has 4 aliphatic rings. The Morgan fingerprint density at radius 2 is 1.77 bits per heavy atom. The van der Waals surface area contributed by atoms with Crippen LogP contribution in [0.3, 0.4) is 0 Å². The maximum Gasteiger partial charge on any atom is 0.305 e. The number of fused-ring (bicyclic) bond motifs is 5. The molecule has 178 valence electrons. The Kier molecular flexibility index (Phi) is 5.99. The molecule has 10 atom stereocenters. The summed E-state index contributed by atoms with van der Waals surface area (Å²) in [6.07, 6.45) is 3.51. The van der Waals surface area contributed by atoms with Gasteiger partial charge >= 0.3 is 5.97 Å². The molecule has 3 unspecified atom stereocenters. The van der Waals surface area contributed by atoms with Gasteiger partial charge in [-0.15, -0.1) is 0 Å². The minimum Gasteiger partial charge on any atom is -0.469 e. The fraction of sp³-hybridized carbons (Fsp3) is 0.960. The molecule has 4 aliphatic carbocycles. The third-order valence-electron chi connectivity index (χ3n) is 10.5. The van der Waals surface area contributed by atoms with Gasteiger partial charge in [0, 0.05) is 12.8 Å². The van der Waals surface area contributed by atoms with Crippen LogP contribution < -0.4 is 0 Å². The van der Waals surface area contributed by atoms with Gasteiger partial charge in [0.05, 0.1) is 13.2 Å². The first-order valence-electron chi connectivity index (χ1n) is 12.2. The van der Waals surface area contributed by atoms with Gasteiger partial charge < -0.3 is 14.9 Å². The summed E-state index contributed by atoms with van der Waals surface area (Å²) in [4.78, 5) is 11.6. The lowest BCUT2D eigenvalue weighted by atomic mass is 9.43. The molecule has 0 spiro atoms. The Bertz CT molecular complexity index is 699. The first-order chi connectivity index (χ1) is 14.4. The number of aliphatic hydroxyl groups is 2. The number of aliphatic hydroxyl groups excluding tert-OH is 2. The summed E-state index contributed by atoms with van der Waals surface area (Å²) in [6.45, 7) is 6.58. The van der Waals surface area contributed by atoms with Crippen molar-refractivity contribution in [2.24, 2.45) is 46.3 Å². The van der Waals surface area contributed by atoms with Gasteiger partial charge in [-0.05, 0) is 91.3 Å². The van der Waals surface area contributed by atoms with Crippen LogP contribution in [0.4, 0.5) is 8.78 Å². The second-order valence-electron chi connectivity index (χ2n) is 11.8. The number of halogens is 2. The third-order valence-corrected chi connectivity index (χ3v) is 10.5. The molecule has 4 nitrogen and oxygen atoms in total. The summed E-state index contributed by atoms with van der Waals surface area (Å²) in [6, 6.07) is 0. The lowest BCUT2D eigenvalue weighted by molar-refractivity contribution is -0.236. The van der Waals surface area contributed by atoms with Crippen molar-refractivity contribution in [2.45, 2.75) is 96.7 Å². The van der Waals surface area contributed by atoms with Crippen LogP contribution in [0.25, 0.3) is 0 Å². The van der Waals surface area contributed by atoms with Crippen LogP contribution in [0.2, 0.25) is 0 Å². The van der Waals surface area contributed by atoms with Crippen molar-refractivity contribution in [2.75, 3.05) is 7.11 Å². The number of methoxy groups -OCH3 is 1. The normalized spacial score (nSPS) is 49.5. The van der Waals surface area contributed by atoms with Crippen molar-refractivity contribution >= 4 is 5.97 Å². The highest BCUT2D eigenvalue weighted by Crippen LogP contribution is 2.69. The van der Waals surface area contributed by atoms with Crippen LogP contribution in [0.1, 0.15) is 78.6 Å². The molecule has 4 rings (SSSR count). The third kappa shape index (κ3) is 3.64. The van der Waals surface area contributed by atoms with Crippen LogP contribution >= 0.6 is 0 Å². The quantitative estimate of drug-likeness (QED) is 0.613. The van der Waals surface area contributed by atoms with E-state index in [2.05, 4.69) is 13.8 Å². The van der Waals surface area contributed by atoms with E-state index in [0.29, 0.717) is 30.6 Å². The highest BCUT2D eigenvalue weighted by molar-refractivity contribution is 5.69. The van der Waals surface area contributed by atoms with E-state index in [1.54, 1.807) is 0 Å². The highest BCUT2D eigenvalue weighted by atomic mass is 19.3. The molecule has 2 N–H and O–H groups in total. The number of carbonyl (C=O) groups is 1. The van der Waals surface area contributed by atoms with Crippen LogP contribution in [-0.4, -0.2) is 41.4 Å². The van der Waals surface area contributed by atoms with E-state index >= 15 is 0 Å². The monoisotopic (exact) mass is 442 g/mol.